The lowest BCUT2D eigenvalue weighted by Gasteiger charge is -2.24. The maximum absolute atomic E-state index is 4.36. The molecule has 134 valence electrons. The molecule has 1 aliphatic carbocycles. The molecule has 1 aliphatic heterocycles. The van der Waals surface area contributed by atoms with Crippen LogP contribution in [0.5, 0.6) is 0 Å². The number of nitrogens with one attached hydrogen (secondary N) is 2. The van der Waals surface area contributed by atoms with E-state index in [9.17, 15) is 0 Å². The summed E-state index contributed by atoms with van der Waals surface area (Å²) in [6.07, 6.45) is 6.42. The molecule has 5 heteroatoms. The first-order chi connectivity index (χ1) is 11.3. The predicted molar refractivity (Wildman–Crippen MR) is 112 cm³/mol. The third-order valence-corrected chi connectivity index (χ3v) is 5.26. The third kappa shape index (κ3) is 4.85. The SMILES string of the molecule is CCN1CCCC1CNC(=NC)NCc1ccc2c(c1)CCC2.I. The number of benzene rings is 1. The van der Waals surface area contributed by atoms with Crippen LogP contribution in [-0.4, -0.2) is 43.6 Å². The van der Waals surface area contributed by atoms with Crippen molar-refractivity contribution in [2.24, 2.45) is 4.99 Å². The van der Waals surface area contributed by atoms with E-state index in [1.165, 1.54) is 55.3 Å². The molecule has 24 heavy (non-hydrogen) atoms. The van der Waals surface area contributed by atoms with Gasteiger partial charge >= 0.3 is 0 Å². The first-order valence-corrected chi connectivity index (χ1v) is 9.09. The summed E-state index contributed by atoms with van der Waals surface area (Å²) in [5, 5.41) is 6.95. The number of likely N-dealkylation sites (tertiary alicyclic amines) is 1. The highest BCUT2D eigenvalue weighted by molar-refractivity contribution is 14.0. The number of aryl methyl sites for hydroxylation is 2. The molecule has 1 unspecified atom stereocenters. The minimum atomic E-state index is 0. The number of aliphatic imine (C=N–C) groups is 1. The monoisotopic (exact) mass is 442 g/mol. The summed E-state index contributed by atoms with van der Waals surface area (Å²) in [7, 11) is 1.85. The molecule has 4 nitrogen and oxygen atoms in total. The van der Waals surface area contributed by atoms with Gasteiger partial charge in [0.25, 0.3) is 0 Å². The highest BCUT2D eigenvalue weighted by Gasteiger charge is 2.22. The normalized spacial score (nSPS) is 20.6. The van der Waals surface area contributed by atoms with E-state index < -0.39 is 0 Å². The Bertz CT molecular complexity index is 558. The predicted octanol–water partition coefficient (Wildman–Crippen LogP) is 2.94. The van der Waals surface area contributed by atoms with Crippen molar-refractivity contribution in [1.29, 1.82) is 0 Å². The standard InChI is InChI=1S/C19H30N4.HI/c1-3-23-11-5-8-18(23)14-22-19(20-2)21-13-15-9-10-16-6-4-7-17(16)12-15;/h9-10,12,18H,3-8,11,13-14H2,1-2H3,(H2,20,21,22);1H. The molecule has 1 heterocycles. The quantitative estimate of drug-likeness (QED) is 0.419. The van der Waals surface area contributed by atoms with E-state index in [1.807, 2.05) is 7.05 Å². The lowest BCUT2D eigenvalue weighted by Crippen LogP contribution is -2.44. The van der Waals surface area contributed by atoms with Crippen LogP contribution in [0.4, 0.5) is 0 Å². The van der Waals surface area contributed by atoms with Crippen molar-refractivity contribution in [2.75, 3.05) is 26.7 Å². The summed E-state index contributed by atoms with van der Waals surface area (Å²) in [4.78, 5) is 6.92. The molecule has 0 radical (unpaired) electrons. The highest BCUT2D eigenvalue weighted by atomic mass is 127. The van der Waals surface area contributed by atoms with Gasteiger partial charge in [0.15, 0.2) is 5.96 Å². The molecular weight excluding hydrogens is 411 g/mol. The lowest BCUT2D eigenvalue weighted by molar-refractivity contribution is 0.267. The number of hydrogen-bond donors (Lipinski definition) is 2. The van der Waals surface area contributed by atoms with E-state index in [1.54, 1.807) is 0 Å². The minimum absolute atomic E-state index is 0. The minimum Gasteiger partial charge on any atom is -0.355 e. The zero-order chi connectivity index (χ0) is 16.1. The van der Waals surface area contributed by atoms with Crippen LogP contribution in [0.3, 0.4) is 0 Å². The first kappa shape index (κ1) is 19.5. The van der Waals surface area contributed by atoms with E-state index >= 15 is 0 Å². The van der Waals surface area contributed by atoms with Crippen molar-refractivity contribution in [2.45, 2.75) is 51.6 Å². The molecule has 0 aromatic heterocycles. The first-order valence-electron chi connectivity index (χ1n) is 9.09. The summed E-state index contributed by atoms with van der Waals surface area (Å²) in [6, 6.07) is 7.56. The van der Waals surface area contributed by atoms with Gasteiger partial charge in [0.05, 0.1) is 0 Å². The van der Waals surface area contributed by atoms with Crippen LogP contribution in [0.2, 0.25) is 0 Å². The van der Waals surface area contributed by atoms with Gasteiger partial charge in [-0.15, -0.1) is 24.0 Å². The van der Waals surface area contributed by atoms with Gasteiger partial charge in [-0.25, -0.2) is 0 Å². The van der Waals surface area contributed by atoms with Gasteiger partial charge in [-0.3, -0.25) is 9.89 Å². The maximum atomic E-state index is 4.36. The molecule has 2 aliphatic rings. The zero-order valence-electron chi connectivity index (χ0n) is 15.0. The number of guanidine groups is 1. The van der Waals surface area contributed by atoms with Crippen molar-refractivity contribution in [1.82, 2.24) is 15.5 Å². The van der Waals surface area contributed by atoms with Gasteiger partial charge < -0.3 is 10.6 Å². The summed E-state index contributed by atoms with van der Waals surface area (Å²) in [5.74, 6) is 0.911. The molecule has 0 spiro atoms. The molecule has 2 N–H and O–H groups in total. The molecule has 1 atom stereocenters. The van der Waals surface area contributed by atoms with Crippen LogP contribution in [0.25, 0.3) is 0 Å². The smallest absolute Gasteiger partial charge is 0.191 e. The molecule has 0 amide bonds. The topological polar surface area (TPSA) is 39.7 Å². The van der Waals surface area contributed by atoms with Crippen molar-refractivity contribution < 1.29 is 0 Å². The maximum Gasteiger partial charge on any atom is 0.191 e. The summed E-state index contributed by atoms with van der Waals surface area (Å²) in [5.41, 5.74) is 4.43. The summed E-state index contributed by atoms with van der Waals surface area (Å²) < 4.78 is 0. The number of rotatable bonds is 5. The van der Waals surface area contributed by atoms with Crippen LogP contribution in [0, 0.1) is 0 Å². The third-order valence-electron chi connectivity index (χ3n) is 5.26. The Balaban J connectivity index is 0.00000208. The Morgan fingerprint density at radius 1 is 1.21 bits per heavy atom. The van der Waals surface area contributed by atoms with E-state index in [4.69, 9.17) is 0 Å². The van der Waals surface area contributed by atoms with Crippen molar-refractivity contribution in [3.8, 4) is 0 Å². The van der Waals surface area contributed by atoms with Crippen molar-refractivity contribution in [3.63, 3.8) is 0 Å². The van der Waals surface area contributed by atoms with E-state index in [2.05, 4.69) is 45.6 Å². The summed E-state index contributed by atoms with van der Waals surface area (Å²) in [6.45, 7) is 6.46. The Kier molecular flexibility index (Phi) is 7.81. The number of fused-ring (bicyclic) bond motifs is 1. The number of hydrogen-bond acceptors (Lipinski definition) is 2. The van der Waals surface area contributed by atoms with Crippen LogP contribution >= 0.6 is 24.0 Å². The average Bonchev–Trinajstić information content (AvgIpc) is 3.23. The molecule has 1 fully saturated rings. The second-order valence-electron chi connectivity index (χ2n) is 6.69. The van der Waals surface area contributed by atoms with Gasteiger partial charge in [0.2, 0.25) is 0 Å². The molecule has 0 bridgehead atoms. The van der Waals surface area contributed by atoms with Gasteiger partial charge in [-0.05, 0) is 61.9 Å². The molecule has 0 saturated carbocycles. The van der Waals surface area contributed by atoms with Crippen LogP contribution in [0.15, 0.2) is 23.2 Å². The Labute approximate surface area is 163 Å². The van der Waals surface area contributed by atoms with Crippen LogP contribution in [0.1, 0.15) is 42.9 Å². The molecular formula is C19H31IN4. The van der Waals surface area contributed by atoms with E-state index in [0.717, 1.165) is 25.6 Å². The number of nitrogens with zero attached hydrogens (tertiary/aromatic N) is 2. The van der Waals surface area contributed by atoms with Crippen molar-refractivity contribution in [3.05, 3.63) is 34.9 Å². The van der Waals surface area contributed by atoms with Gasteiger partial charge in [-0.1, -0.05) is 25.1 Å². The van der Waals surface area contributed by atoms with E-state index in [0.29, 0.717) is 6.04 Å². The lowest BCUT2D eigenvalue weighted by atomic mass is 10.1. The molecule has 3 rings (SSSR count). The van der Waals surface area contributed by atoms with Gasteiger partial charge in [0.1, 0.15) is 0 Å². The second kappa shape index (κ2) is 9.61. The average molecular weight is 442 g/mol. The fraction of sp³-hybridized carbons (Fsp3) is 0.632. The largest absolute Gasteiger partial charge is 0.355 e. The zero-order valence-corrected chi connectivity index (χ0v) is 17.3. The fourth-order valence-electron chi connectivity index (χ4n) is 3.90. The molecule has 1 saturated heterocycles. The Hall–Kier alpha value is -0.820. The Morgan fingerprint density at radius 3 is 2.83 bits per heavy atom. The molecule has 1 aromatic rings. The number of halogens is 1. The van der Waals surface area contributed by atoms with E-state index in [-0.39, 0.29) is 24.0 Å². The molecule has 1 aromatic carbocycles. The van der Waals surface area contributed by atoms with Crippen LogP contribution in [-0.2, 0) is 19.4 Å². The Morgan fingerprint density at radius 2 is 2.04 bits per heavy atom. The van der Waals surface area contributed by atoms with Crippen molar-refractivity contribution >= 4 is 29.9 Å². The van der Waals surface area contributed by atoms with Crippen LogP contribution < -0.4 is 10.6 Å². The van der Waals surface area contributed by atoms with Gasteiger partial charge in [0, 0.05) is 26.2 Å². The fourth-order valence-corrected chi connectivity index (χ4v) is 3.90. The number of likely N-dealkylation sites (N-methyl/N-ethyl adjacent to an activating group) is 1. The summed E-state index contributed by atoms with van der Waals surface area (Å²) >= 11 is 0. The second-order valence-corrected chi connectivity index (χ2v) is 6.69. The van der Waals surface area contributed by atoms with Gasteiger partial charge in [-0.2, -0.15) is 0 Å². The highest BCUT2D eigenvalue weighted by Crippen LogP contribution is 2.22.